The summed E-state index contributed by atoms with van der Waals surface area (Å²) in [5, 5.41) is 1.97. The van der Waals surface area contributed by atoms with Crippen LogP contribution in [0.15, 0.2) is 83.8 Å². The lowest BCUT2D eigenvalue weighted by Gasteiger charge is -2.37. The number of carbonyl (C=O) groups is 1. The summed E-state index contributed by atoms with van der Waals surface area (Å²) in [5.41, 5.74) is 2.31. The maximum absolute atomic E-state index is 13.6. The molecule has 4 aromatic carbocycles. The molecule has 1 fully saturated rings. The fourth-order valence-corrected chi connectivity index (χ4v) is 6.62. The fraction of sp³-hybridized carbons (Fsp3) is 0.303. The summed E-state index contributed by atoms with van der Waals surface area (Å²) in [6.45, 7) is 2.39. The number of methoxy groups -OCH3 is 3. The molecule has 226 valence electrons. The van der Waals surface area contributed by atoms with Crippen LogP contribution in [-0.2, 0) is 16.4 Å². The lowest BCUT2D eigenvalue weighted by atomic mass is 10.0. The summed E-state index contributed by atoms with van der Waals surface area (Å²) in [6, 6.07) is 24.2. The van der Waals surface area contributed by atoms with E-state index in [1.54, 1.807) is 46.6 Å². The van der Waals surface area contributed by atoms with Crippen molar-refractivity contribution in [1.29, 1.82) is 0 Å². The van der Waals surface area contributed by atoms with E-state index in [1.807, 2.05) is 65.6 Å². The zero-order valence-electron chi connectivity index (χ0n) is 24.9. The van der Waals surface area contributed by atoms with Crippen LogP contribution in [0.5, 0.6) is 17.2 Å². The third-order valence-electron chi connectivity index (χ3n) is 7.95. The van der Waals surface area contributed by atoms with Gasteiger partial charge in [-0.1, -0.05) is 42.5 Å². The number of carbonyl (C=O) groups excluding carboxylic acids is 1. The second-order valence-corrected chi connectivity index (χ2v) is 12.5. The van der Waals surface area contributed by atoms with E-state index in [9.17, 15) is 13.2 Å². The first-order chi connectivity index (χ1) is 20.8. The molecule has 0 N–H and O–H groups in total. The number of fused-ring (bicyclic) bond motifs is 1. The molecule has 9 nitrogen and oxygen atoms in total. The molecule has 1 aliphatic heterocycles. The lowest BCUT2D eigenvalue weighted by Crippen LogP contribution is -2.49. The Morgan fingerprint density at radius 1 is 0.791 bits per heavy atom. The van der Waals surface area contributed by atoms with E-state index in [-0.39, 0.29) is 17.3 Å². The highest BCUT2D eigenvalue weighted by molar-refractivity contribution is 7.89. The maximum atomic E-state index is 13.6. The Balaban J connectivity index is 1.29. The van der Waals surface area contributed by atoms with Gasteiger partial charge < -0.3 is 24.0 Å². The van der Waals surface area contributed by atoms with Crippen LogP contribution in [-0.4, -0.2) is 84.6 Å². The number of benzene rings is 4. The molecule has 4 aromatic rings. The minimum Gasteiger partial charge on any atom is -0.495 e. The molecule has 0 saturated carbocycles. The molecule has 1 amide bonds. The number of likely N-dealkylation sites (N-methyl/N-ethyl adjacent to an activating group) is 1. The summed E-state index contributed by atoms with van der Waals surface area (Å²) in [4.78, 5) is 17.6. The first kappa shape index (κ1) is 30.2. The van der Waals surface area contributed by atoms with Crippen molar-refractivity contribution in [2.45, 2.75) is 11.3 Å². The van der Waals surface area contributed by atoms with Crippen LogP contribution >= 0.6 is 0 Å². The van der Waals surface area contributed by atoms with Gasteiger partial charge in [-0.05, 0) is 59.2 Å². The van der Waals surface area contributed by atoms with Crippen LogP contribution in [0.1, 0.15) is 15.9 Å². The second-order valence-electron chi connectivity index (χ2n) is 10.4. The van der Waals surface area contributed by atoms with Crippen molar-refractivity contribution in [3.8, 4) is 17.2 Å². The van der Waals surface area contributed by atoms with Gasteiger partial charge >= 0.3 is 0 Å². The van der Waals surface area contributed by atoms with Crippen LogP contribution in [0.3, 0.4) is 0 Å². The summed E-state index contributed by atoms with van der Waals surface area (Å²) in [6.07, 6.45) is 0.506. The number of hydrogen-bond donors (Lipinski definition) is 0. The van der Waals surface area contributed by atoms with Crippen LogP contribution < -0.4 is 19.1 Å². The monoisotopic (exact) mass is 603 g/mol. The molecule has 0 radical (unpaired) electrons. The quantitative estimate of drug-likeness (QED) is 0.260. The highest BCUT2D eigenvalue weighted by Gasteiger charge is 2.27. The molecule has 43 heavy (non-hydrogen) atoms. The molecule has 0 aromatic heterocycles. The number of hydrogen-bond acceptors (Lipinski definition) is 7. The normalized spacial score (nSPS) is 13.8. The van der Waals surface area contributed by atoms with E-state index in [0.29, 0.717) is 61.1 Å². The summed E-state index contributed by atoms with van der Waals surface area (Å²) >= 11 is 0. The zero-order valence-corrected chi connectivity index (χ0v) is 25.8. The minimum absolute atomic E-state index is 0.00384. The van der Waals surface area contributed by atoms with Crippen molar-refractivity contribution >= 4 is 32.4 Å². The summed E-state index contributed by atoms with van der Waals surface area (Å²) < 4.78 is 44.8. The van der Waals surface area contributed by atoms with Gasteiger partial charge in [0, 0.05) is 45.3 Å². The SMILES string of the molecule is COc1ccc(CCN(C)S(=O)(=O)c2ccc(OC)c(N3CCN(C(=O)c4cccc5ccccc45)CC3)c2)cc1OC. The smallest absolute Gasteiger partial charge is 0.254 e. The predicted octanol–water partition coefficient (Wildman–Crippen LogP) is 4.69. The van der Waals surface area contributed by atoms with Crippen molar-refractivity contribution < 1.29 is 27.4 Å². The van der Waals surface area contributed by atoms with E-state index in [0.717, 1.165) is 16.3 Å². The van der Waals surface area contributed by atoms with Crippen molar-refractivity contribution in [1.82, 2.24) is 9.21 Å². The minimum atomic E-state index is -3.77. The van der Waals surface area contributed by atoms with Crippen molar-refractivity contribution in [2.75, 3.05) is 66.0 Å². The maximum Gasteiger partial charge on any atom is 0.254 e. The van der Waals surface area contributed by atoms with E-state index >= 15 is 0 Å². The van der Waals surface area contributed by atoms with Gasteiger partial charge in [-0.2, -0.15) is 0 Å². The van der Waals surface area contributed by atoms with Gasteiger partial charge in [0.25, 0.3) is 5.91 Å². The average molecular weight is 604 g/mol. The number of anilines is 1. The molecule has 1 aliphatic rings. The number of nitrogens with zero attached hydrogens (tertiary/aromatic N) is 3. The van der Waals surface area contributed by atoms with Crippen LogP contribution in [0, 0.1) is 0 Å². The van der Waals surface area contributed by atoms with Gasteiger partial charge in [0.15, 0.2) is 11.5 Å². The van der Waals surface area contributed by atoms with E-state index in [1.165, 1.54) is 4.31 Å². The summed E-state index contributed by atoms with van der Waals surface area (Å²) in [7, 11) is 2.53. The molecule has 0 spiro atoms. The Labute approximate surface area is 253 Å². The van der Waals surface area contributed by atoms with Gasteiger partial charge in [-0.15, -0.1) is 0 Å². The number of ether oxygens (including phenoxy) is 3. The lowest BCUT2D eigenvalue weighted by molar-refractivity contribution is 0.0748. The number of rotatable bonds is 10. The molecule has 0 aliphatic carbocycles. The van der Waals surface area contributed by atoms with Gasteiger partial charge in [0.1, 0.15) is 5.75 Å². The number of amides is 1. The Bertz CT molecular complexity index is 1710. The topological polar surface area (TPSA) is 88.6 Å². The summed E-state index contributed by atoms with van der Waals surface area (Å²) in [5.74, 6) is 1.80. The molecule has 0 unspecified atom stereocenters. The van der Waals surface area contributed by atoms with Gasteiger partial charge in [0.05, 0.1) is 31.9 Å². The molecular weight excluding hydrogens is 566 g/mol. The molecule has 0 atom stereocenters. The van der Waals surface area contributed by atoms with Crippen LogP contribution in [0.25, 0.3) is 10.8 Å². The number of piperazine rings is 1. The fourth-order valence-electron chi connectivity index (χ4n) is 5.43. The van der Waals surface area contributed by atoms with Crippen LogP contribution in [0.2, 0.25) is 0 Å². The van der Waals surface area contributed by atoms with E-state index in [2.05, 4.69) is 4.90 Å². The van der Waals surface area contributed by atoms with Crippen LogP contribution in [0.4, 0.5) is 5.69 Å². The van der Waals surface area contributed by atoms with Crippen molar-refractivity contribution in [2.24, 2.45) is 0 Å². The largest absolute Gasteiger partial charge is 0.495 e. The Morgan fingerprint density at radius 2 is 1.47 bits per heavy atom. The molecule has 0 bridgehead atoms. The first-order valence-electron chi connectivity index (χ1n) is 14.1. The standard InChI is InChI=1S/C33H37N3O6S/c1-34(17-16-24-12-14-31(41-3)32(22-24)42-4)43(38,39)26-13-15-30(40-2)29(23-26)35-18-20-36(21-19-35)33(37)28-11-7-9-25-8-5-6-10-27(25)28/h5-15,22-23H,16-21H2,1-4H3. The molecule has 5 rings (SSSR count). The Hall–Kier alpha value is -4.28. The van der Waals surface area contributed by atoms with E-state index < -0.39 is 10.0 Å². The molecule has 1 saturated heterocycles. The molecule has 1 heterocycles. The van der Waals surface area contributed by atoms with Crippen molar-refractivity contribution in [3.63, 3.8) is 0 Å². The third-order valence-corrected chi connectivity index (χ3v) is 9.80. The van der Waals surface area contributed by atoms with Gasteiger partial charge in [-0.25, -0.2) is 12.7 Å². The predicted molar refractivity (Wildman–Crippen MR) is 168 cm³/mol. The average Bonchev–Trinajstić information content (AvgIpc) is 3.06. The molecule has 10 heteroatoms. The Kier molecular flexibility index (Phi) is 9.08. The van der Waals surface area contributed by atoms with E-state index in [4.69, 9.17) is 14.2 Å². The zero-order chi connectivity index (χ0) is 30.6. The number of sulfonamides is 1. The first-order valence-corrected chi connectivity index (χ1v) is 15.6. The highest BCUT2D eigenvalue weighted by Crippen LogP contribution is 2.33. The highest BCUT2D eigenvalue weighted by atomic mass is 32.2. The third kappa shape index (κ3) is 6.25. The van der Waals surface area contributed by atoms with Gasteiger partial charge in [-0.3, -0.25) is 4.79 Å². The van der Waals surface area contributed by atoms with Gasteiger partial charge in [0.2, 0.25) is 10.0 Å². The Morgan fingerprint density at radius 3 is 2.19 bits per heavy atom. The second kappa shape index (κ2) is 12.9. The van der Waals surface area contributed by atoms with Crippen molar-refractivity contribution in [3.05, 3.63) is 90.0 Å². The molecular formula is C33H37N3O6S.